The summed E-state index contributed by atoms with van der Waals surface area (Å²) in [4.78, 5) is 12.5. The Bertz CT molecular complexity index is 1320. The highest BCUT2D eigenvalue weighted by Crippen LogP contribution is 2.25. The molecule has 0 atom stereocenters. The number of hydrogen-bond donors (Lipinski definition) is 1. The molecular weight excluding hydrogens is 434 g/mol. The van der Waals surface area contributed by atoms with Crippen LogP contribution in [-0.2, 0) is 10.0 Å². The maximum atomic E-state index is 12.5. The van der Waals surface area contributed by atoms with Crippen molar-refractivity contribution in [1.82, 2.24) is 9.78 Å². The number of benzene rings is 2. The molecule has 0 unspecified atom stereocenters. The lowest BCUT2D eigenvalue weighted by atomic mass is 10.1. The van der Waals surface area contributed by atoms with E-state index >= 15 is 0 Å². The molecule has 9 heteroatoms. The van der Waals surface area contributed by atoms with Crippen LogP contribution in [0.5, 0.6) is 0 Å². The summed E-state index contributed by atoms with van der Waals surface area (Å²) in [6.07, 6.45) is 1.55. The highest BCUT2D eigenvalue weighted by Gasteiger charge is 2.15. The molecule has 7 nitrogen and oxygen atoms in total. The van der Waals surface area contributed by atoms with Gasteiger partial charge < -0.3 is 4.42 Å². The zero-order valence-corrected chi connectivity index (χ0v) is 16.1. The molecule has 0 aliphatic rings. The van der Waals surface area contributed by atoms with E-state index in [1.807, 2.05) is 6.07 Å². The van der Waals surface area contributed by atoms with Crippen molar-refractivity contribution in [1.29, 1.82) is 0 Å². The molecule has 136 valence electrons. The first-order valence-corrected chi connectivity index (χ1v) is 10.1. The third-order valence-electron chi connectivity index (χ3n) is 4.02. The van der Waals surface area contributed by atoms with Crippen molar-refractivity contribution in [2.45, 2.75) is 4.90 Å². The van der Waals surface area contributed by atoms with Gasteiger partial charge in [0.2, 0.25) is 10.0 Å². The summed E-state index contributed by atoms with van der Waals surface area (Å²) < 4.78 is 30.6. The predicted molar refractivity (Wildman–Crippen MR) is 104 cm³/mol. The number of rotatable bonds is 3. The standard InChI is InChI=1S/C18H12BrN3O4S/c19-12-1-6-17-11(9-12)10-15(18(23)26-17)16-7-8-21-22(16)13-2-4-14(5-3-13)27(20,24)25/h1-10H,(H2,20,24,25). The minimum absolute atomic E-state index is 0.00461. The monoisotopic (exact) mass is 445 g/mol. The first kappa shape index (κ1) is 17.7. The van der Waals surface area contributed by atoms with Crippen molar-refractivity contribution in [3.63, 3.8) is 0 Å². The molecule has 0 radical (unpaired) electrons. The number of fused-ring (bicyclic) bond motifs is 1. The molecule has 0 amide bonds. The SMILES string of the molecule is NS(=O)(=O)c1ccc(-n2nccc2-c2cc3cc(Br)ccc3oc2=O)cc1. The molecule has 0 saturated heterocycles. The average molecular weight is 446 g/mol. The van der Waals surface area contributed by atoms with Gasteiger partial charge in [0.1, 0.15) is 5.58 Å². The molecule has 0 aliphatic carbocycles. The van der Waals surface area contributed by atoms with E-state index in [1.54, 1.807) is 42.6 Å². The van der Waals surface area contributed by atoms with Gasteiger partial charge >= 0.3 is 5.63 Å². The largest absolute Gasteiger partial charge is 0.422 e. The smallest absolute Gasteiger partial charge is 0.345 e. The zero-order chi connectivity index (χ0) is 19.2. The third kappa shape index (κ3) is 3.32. The minimum Gasteiger partial charge on any atom is -0.422 e. The number of halogens is 1. The molecule has 4 rings (SSSR count). The van der Waals surface area contributed by atoms with Gasteiger partial charge in [0.15, 0.2) is 0 Å². The summed E-state index contributed by atoms with van der Waals surface area (Å²) in [7, 11) is -3.78. The Morgan fingerprint density at radius 1 is 1.04 bits per heavy atom. The number of hydrogen-bond acceptors (Lipinski definition) is 5. The van der Waals surface area contributed by atoms with E-state index in [2.05, 4.69) is 21.0 Å². The summed E-state index contributed by atoms with van der Waals surface area (Å²) in [6, 6.07) is 14.7. The van der Waals surface area contributed by atoms with Gasteiger partial charge in [-0.1, -0.05) is 15.9 Å². The fourth-order valence-electron chi connectivity index (χ4n) is 2.76. The Morgan fingerprint density at radius 3 is 2.48 bits per heavy atom. The Labute approximate surface area is 162 Å². The van der Waals surface area contributed by atoms with E-state index in [1.165, 1.54) is 16.8 Å². The highest BCUT2D eigenvalue weighted by atomic mass is 79.9. The lowest BCUT2D eigenvalue weighted by Gasteiger charge is -2.08. The van der Waals surface area contributed by atoms with Gasteiger partial charge in [-0.3, -0.25) is 0 Å². The van der Waals surface area contributed by atoms with E-state index in [9.17, 15) is 13.2 Å². The number of nitrogens with zero attached hydrogens (tertiary/aromatic N) is 2. The summed E-state index contributed by atoms with van der Waals surface area (Å²) >= 11 is 3.40. The van der Waals surface area contributed by atoms with Gasteiger partial charge in [-0.15, -0.1) is 0 Å². The van der Waals surface area contributed by atoms with Crippen LogP contribution in [0.2, 0.25) is 0 Å². The molecule has 0 fully saturated rings. The summed E-state index contributed by atoms with van der Waals surface area (Å²) in [6.45, 7) is 0. The first-order valence-electron chi connectivity index (χ1n) is 7.74. The molecular formula is C18H12BrN3O4S. The van der Waals surface area contributed by atoms with E-state index < -0.39 is 15.6 Å². The van der Waals surface area contributed by atoms with Crippen molar-refractivity contribution in [2.24, 2.45) is 5.14 Å². The number of primary sulfonamides is 1. The van der Waals surface area contributed by atoms with E-state index in [0.717, 1.165) is 9.86 Å². The molecule has 0 spiro atoms. The molecule has 2 N–H and O–H groups in total. The van der Waals surface area contributed by atoms with Crippen LogP contribution >= 0.6 is 15.9 Å². The second-order valence-corrected chi connectivity index (χ2v) is 8.27. The number of sulfonamides is 1. The Morgan fingerprint density at radius 2 is 1.78 bits per heavy atom. The lowest BCUT2D eigenvalue weighted by molar-refractivity contribution is 0.562. The van der Waals surface area contributed by atoms with Crippen LogP contribution in [0.3, 0.4) is 0 Å². The van der Waals surface area contributed by atoms with Crippen molar-refractivity contribution in [3.05, 3.63) is 75.7 Å². The Hall–Kier alpha value is -2.75. The number of nitrogens with two attached hydrogens (primary N) is 1. The van der Waals surface area contributed by atoms with Crippen LogP contribution in [0.4, 0.5) is 0 Å². The Kier molecular flexibility index (Phi) is 4.22. The van der Waals surface area contributed by atoms with Gasteiger partial charge in [0.05, 0.1) is 28.0 Å². The summed E-state index contributed by atoms with van der Waals surface area (Å²) in [5.41, 5.74) is 1.43. The molecule has 0 bridgehead atoms. The maximum Gasteiger partial charge on any atom is 0.345 e. The zero-order valence-electron chi connectivity index (χ0n) is 13.7. The molecule has 0 saturated carbocycles. The fraction of sp³-hybridized carbons (Fsp3) is 0. The van der Waals surface area contributed by atoms with Crippen LogP contribution in [0.1, 0.15) is 0 Å². The lowest BCUT2D eigenvalue weighted by Crippen LogP contribution is -2.12. The molecule has 2 aromatic carbocycles. The third-order valence-corrected chi connectivity index (χ3v) is 5.45. The minimum atomic E-state index is -3.78. The van der Waals surface area contributed by atoms with Gasteiger partial charge in [0.25, 0.3) is 0 Å². The van der Waals surface area contributed by atoms with Gasteiger partial charge in [0, 0.05) is 9.86 Å². The number of aromatic nitrogens is 2. The van der Waals surface area contributed by atoms with Crippen molar-refractivity contribution in [2.75, 3.05) is 0 Å². The van der Waals surface area contributed by atoms with Crippen molar-refractivity contribution in [3.8, 4) is 16.9 Å². The van der Waals surface area contributed by atoms with E-state index in [0.29, 0.717) is 22.5 Å². The predicted octanol–water partition coefficient (Wildman–Crippen LogP) is 3.06. The summed E-state index contributed by atoms with van der Waals surface area (Å²) in [5.74, 6) is 0. The topological polar surface area (TPSA) is 108 Å². The van der Waals surface area contributed by atoms with Crippen LogP contribution in [0.15, 0.2) is 79.4 Å². The van der Waals surface area contributed by atoms with Crippen LogP contribution < -0.4 is 10.8 Å². The normalized spacial score (nSPS) is 11.8. The average Bonchev–Trinajstić information content (AvgIpc) is 3.10. The van der Waals surface area contributed by atoms with Gasteiger partial charge in [-0.2, -0.15) is 5.10 Å². The van der Waals surface area contributed by atoms with Crippen molar-refractivity contribution >= 4 is 36.9 Å². The quantitative estimate of drug-likeness (QED) is 0.487. The van der Waals surface area contributed by atoms with Crippen molar-refractivity contribution < 1.29 is 12.8 Å². The van der Waals surface area contributed by atoms with E-state index in [4.69, 9.17) is 9.56 Å². The van der Waals surface area contributed by atoms with Crippen LogP contribution in [0, 0.1) is 0 Å². The Balaban J connectivity index is 1.86. The van der Waals surface area contributed by atoms with Gasteiger partial charge in [-0.05, 0) is 54.6 Å². The molecule has 2 heterocycles. The van der Waals surface area contributed by atoms with Crippen LogP contribution in [-0.4, -0.2) is 18.2 Å². The van der Waals surface area contributed by atoms with Gasteiger partial charge in [-0.25, -0.2) is 23.0 Å². The fourth-order valence-corrected chi connectivity index (χ4v) is 3.66. The van der Waals surface area contributed by atoms with Crippen LogP contribution in [0.25, 0.3) is 27.9 Å². The van der Waals surface area contributed by atoms with E-state index in [-0.39, 0.29) is 4.90 Å². The highest BCUT2D eigenvalue weighted by molar-refractivity contribution is 9.10. The summed E-state index contributed by atoms with van der Waals surface area (Å²) in [5, 5.41) is 10.1. The second-order valence-electron chi connectivity index (χ2n) is 5.80. The molecule has 4 aromatic rings. The molecule has 27 heavy (non-hydrogen) atoms. The second kappa shape index (κ2) is 6.45. The molecule has 0 aliphatic heterocycles. The molecule has 2 aromatic heterocycles. The maximum absolute atomic E-state index is 12.5. The first-order chi connectivity index (χ1) is 12.8.